The van der Waals surface area contributed by atoms with E-state index in [1.165, 1.54) is 0 Å². The molecular formula is C11H17NO. The van der Waals surface area contributed by atoms with E-state index in [-0.39, 0.29) is 6.61 Å². The summed E-state index contributed by atoms with van der Waals surface area (Å²) in [5.74, 6) is 0. The lowest BCUT2D eigenvalue weighted by Crippen LogP contribution is -2.13. The Morgan fingerprint density at radius 3 is 2.38 bits per heavy atom. The summed E-state index contributed by atoms with van der Waals surface area (Å²) in [5.41, 5.74) is 2.07. The molecule has 1 rings (SSSR count). The van der Waals surface area contributed by atoms with Gasteiger partial charge >= 0.3 is 0 Å². The van der Waals surface area contributed by atoms with Crippen molar-refractivity contribution in [1.29, 1.82) is 0 Å². The van der Waals surface area contributed by atoms with Gasteiger partial charge in [0.1, 0.15) is 0 Å². The Morgan fingerprint density at radius 2 is 1.92 bits per heavy atom. The molecule has 2 heteroatoms. The molecule has 0 aliphatic carbocycles. The second kappa shape index (κ2) is 4.87. The zero-order valence-electron chi connectivity index (χ0n) is 8.25. The molecule has 0 spiro atoms. The maximum Gasteiger partial charge on any atom is 0.0681 e. The first-order valence-electron chi connectivity index (χ1n) is 4.72. The van der Waals surface area contributed by atoms with Gasteiger partial charge in [0.15, 0.2) is 0 Å². The van der Waals surface area contributed by atoms with Gasteiger partial charge in [-0.15, -0.1) is 0 Å². The number of anilines is 1. The molecule has 2 nitrogen and oxygen atoms in total. The van der Waals surface area contributed by atoms with E-state index in [2.05, 4.69) is 19.2 Å². The first-order valence-corrected chi connectivity index (χ1v) is 4.72. The van der Waals surface area contributed by atoms with Crippen molar-refractivity contribution in [2.24, 2.45) is 0 Å². The summed E-state index contributed by atoms with van der Waals surface area (Å²) in [6.45, 7) is 4.42. The van der Waals surface area contributed by atoms with Gasteiger partial charge in [0.2, 0.25) is 0 Å². The molecule has 1 atom stereocenters. The van der Waals surface area contributed by atoms with E-state index in [1.807, 2.05) is 24.3 Å². The Balaban J connectivity index is 2.58. The normalized spacial score (nSPS) is 12.5. The molecule has 2 N–H and O–H groups in total. The number of rotatable bonds is 4. The van der Waals surface area contributed by atoms with E-state index in [0.717, 1.165) is 17.7 Å². The second-order valence-electron chi connectivity index (χ2n) is 3.31. The van der Waals surface area contributed by atoms with Crippen molar-refractivity contribution in [2.45, 2.75) is 32.9 Å². The predicted octanol–water partition coefficient (Wildman–Crippen LogP) is 2.39. The van der Waals surface area contributed by atoms with Gasteiger partial charge in [-0.05, 0) is 31.0 Å². The van der Waals surface area contributed by atoms with Crippen molar-refractivity contribution in [3.8, 4) is 0 Å². The zero-order valence-corrected chi connectivity index (χ0v) is 8.25. The number of hydrogen-bond acceptors (Lipinski definition) is 2. The molecule has 0 aliphatic heterocycles. The quantitative estimate of drug-likeness (QED) is 0.743. The van der Waals surface area contributed by atoms with Crippen LogP contribution in [0, 0.1) is 0 Å². The summed E-state index contributed by atoms with van der Waals surface area (Å²) in [6.07, 6.45) is 1.11. The number of benzene rings is 1. The summed E-state index contributed by atoms with van der Waals surface area (Å²) < 4.78 is 0. The van der Waals surface area contributed by atoms with Crippen LogP contribution in [0.15, 0.2) is 24.3 Å². The fourth-order valence-electron chi connectivity index (χ4n) is 1.09. The van der Waals surface area contributed by atoms with Crippen LogP contribution in [0.4, 0.5) is 5.69 Å². The second-order valence-corrected chi connectivity index (χ2v) is 3.31. The first-order chi connectivity index (χ1) is 6.26. The first kappa shape index (κ1) is 10.1. The molecular weight excluding hydrogens is 162 g/mol. The van der Waals surface area contributed by atoms with Gasteiger partial charge in [0, 0.05) is 11.7 Å². The van der Waals surface area contributed by atoms with Crippen LogP contribution in [-0.4, -0.2) is 11.1 Å². The Morgan fingerprint density at radius 1 is 1.31 bits per heavy atom. The highest BCUT2D eigenvalue weighted by Gasteiger charge is 1.97. The molecule has 0 aliphatic rings. The van der Waals surface area contributed by atoms with Crippen LogP contribution in [0.5, 0.6) is 0 Å². The summed E-state index contributed by atoms with van der Waals surface area (Å²) in [6, 6.07) is 8.37. The molecule has 0 aromatic heterocycles. The van der Waals surface area contributed by atoms with E-state index >= 15 is 0 Å². The average molecular weight is 179 g/mol. The topological polar surface area (TPSA) is 32.3 Å². The van der Waals surface area contributed by atoms with Gasteiger partial charge < -0.3 is 10.4 Å². The fourth-order valence-corrected chi connectivity index (χ4v) is 1.09. The van der Waals surface area contributed by atoms with Crippen molar-refractivity contribution < 1.29 is 5.11 Å². The zero-order chi connectivity index (χ0) is 9.68. The van der Waals surface area contributed by atoms with E-state index in [0.29, 0.717) is 6.04 Å². The minimum Gasteiger partial charge on any atom is -0.392 e. The van der Waals surface area contributed by atoms with Crippen LogP contribution in [0.1, 0.15) is 25.8 Å². The van der Waals surface area contributed by atoms with Crippen molar-refractivity contribution in [3.05, 3.63) is 29.8 Å². The molecule has 0 saturated carbocycles. The molecule has 0 bridgehead atoms. The molecule has 1 aromatic rings. The van der Waals surface area contributed by atoms with Crippen molar-refractivity contribution >= 4 is 5.69 Å². The van der Waals surface area contributed by atoms with Gasteiger partial charge in [-0.25, -0.2) is 0 Å². The van der Waals surface area contributed by atoms with Gasteiger partial charge in [-0.2, -0.15) is 0 Å². The summed E-state index contributed by atoms with van der Waals surface area (Å²) in [5, 5.41) is 12.2. The predicted molar refractivity (Wildman–Crippen MR) is 55.7 cm³/mol. The average Bonchev–Trinajstić information content (AvgIpc) is 2.19. The van der Waals surface area contributed by atoms with Gasteiger partial charge in [-0.3, -0.25) is 0 Å². The Kier molecular flexibility index (Phi) is 3.77. The maximum absolute atomic E-state index is 8.84. The van der Waals surface area contributed by atoms with Crippen LogP contribution >= 0.6 is 0 Å². The SMILES string of the molecule is CCC(C)Nc1ccc(CO)cc1. The minimum absolute atomic E-state index is 0.115. The molecule has 0 radical (unpaired) electrons. The van der Waals surface area contributed by atoms with Crippen LogP contribution in [0.3, 0.4) is 0 Å². The molecule has 0 saturated heterocycles. The van der Waals surface area contributed by atoms with E-state index in [9.17, 15) is 0 Å². The Hall–Kier alpha value is -1.02. The monoisotopic (exact) mass is 179 g/mol. The lowest BCUT2D eigenvalue weighted by molar-refractivity contribution is 0.282. The fraction of sp³-hybridized carbons (Fsp3) is 0.455. The highest BCUT2D eigenvalue weighted by atomic mass is 16.3. The molecule has 1 unspecified atom stereocenters. The number of hydrogen-bond donors (Lipinski definition) is 2. The van der Waals surface area contributed by atoms with Crippen molar-refractivity contribution in [2.75, 3.05) is 5.32 Å². The minimum atomic E-state index is 0.115. The molecule has 13 heavy (non-hydrogen) atoms. The Labute approximate surface area is 79.6 Å². The summed E-state index contributed by atoms with van der Waals surface area (Å²) in [7, 11) is 0. The lowest BCUT2D eigenvalue weighted by atomic mass is 10.2. The molecule has 72 valence electrons. The maximum atomic E-state index is 8.84. The number of aliphatic hydroxyl groups is 1. The van der Waals surface area contributed by atoms with E-state index < -0.39 is 0 Å². The highest BCUT2D eigenvalue weighted by Crippen LogP contribution is 2.11. The smallest absolute Gasteiger partial charge is 0.0681 e. The van der Waals surface area contributed by atoms with Crippen LogP contribution < -0.4 is 5.32 Å². The third-order valence-corrected chi connectivity index (χ3v) is 2.16. The number of aliphatic hydroxyl groups excluding tert-OH is 1. The molecule has 0 fully saturated rings. The van der Waals surface area contributed by atoms with E-state index in [1.54, 1.807) is 0 Å². The van der Waals surface area contributed by atoms with Crippen LogP contribution in [0.25, 0.3) is 0 Å². The standard InChI is InChI=1S/C11H17NO/c1-3-9(2)12-11-6-4-10(8-13)5-7-11/h4-7,9,12-13H,3,8H2,1-2H3. The third-order valence-electron chi connectivity index (χ3n) is 2.16. The van der Waals surface area contributed by atoms with Gasteiger partial charge in [-0.1, -0.05) is 19.1 Å². The lowest BCUT2D eigenvalue weighted by Gasteiger charge is -2.12. The molecule has 1 aromatic carbocycles. The van der Waals surface area contributed by atoms with Crippen LogP contribution in [-0.2, 0) is 6.61 Å². The molecule has 0 heterocycles. The molecule has 0 amide bonds. The van der Waals surface area contributed by atoms with Crippen molar-refractivity contribution in [3.63, 3.8) is 0 Å². The van der Waals surface area contributed by atoms with Crippen molar-refractivity contribution in [1.82, 2.24) is 0 Å². The van der Waals surface area contributed by atoms with Gasteiger partial charge in [0.05, 0.1) is 6.61 Å². The Bertz CT molecular complexity index is 243. The van der Waals surface area contributed by atoms with E-state index in [4.69, 9.17) is 5.11 Å². The van der Waals surface area contributed by atoms with Crippen LogP contribution in [0.2, 0.25) is 0 Å². The highest BCUT2D eigenvalue weighted by molar-refractivity contribution is 5.45. The van der Waals surface area contributed by atoms with Gasteiger partial charge in [0.25, 0.3) is 0 Å². The largest absolute Gasteiger partial charge is 0.392 e. The number of nitrogens with one attached hydrogen (secondary N) is 1. The third kappa shape index (κ3) is 3.07. The summed E-state index contributed by atoms with van der Waals surface area (Å²) >= 11 is 0. The summed E-state index contributed by atoms with van der Waals surface area (Å²) in [4.78, 5) is 0.